The smallest absolute Gasteiger partial charge is 0.131 e. The van der Waals surface area contributed by atoms with E-state index in [1.165, 1.54) is 25.9 Å². The van der Waals surface area contributed by atoms with Gasteiger partial charge in [-0.2, -0.15) is 0 Å². The standard InChI is InChI=1S/C13H21BrN4/c1-3-12-16-11(14)8-13(17-12)15-9-10-4-6-18(2)7-5-10/h8,10H,3-7,9H2,1-2H3,(H,15,16,17). The molecule has 0 bridgehead atoms. The molecule has 1 aliphatic heterocycles. The number of hydrogen-bond acceptors (Lipinski definition) is 4. The Morgan fingerprint density at radius 1 is 1.39 bits per heavy atom. The summed E-state index contributed by atoms with van der Waals surface area (Å²) in [5, 5.41) is 3.45. The Morgan fingerprint density at radius 2 is 2.11 bits per heavy atom. The van der Waals surface area contributed by atoms with Crippen molar-refractivity contribution in [3.8, 4) is 0 Å². The first kappa shape index (κ1) is 13.7. The maximum absolute atomic E-state index is 4.49. The zero-order valence-electron chi connectivity index (χ0n) is 11.1. The van der Waals surface area contributed by atoms with Gasteiger partial charge in [-0.25, -0.2) is 9.97 Å². The van der Waals surface area contributed by atoms with Gasteiger partial charge in [-0.3, -0.25) is 0 Å². The van der Waals surface area contributed by atoms with E-state index in [0.29, 0.717) is 0 Å². The minimum atomic E-state index is 0.764. The lowest BCUT2D eigenvalue weighted by Crippen LogP contribution is -2.33. The molecule has 2 heterocycles. The average molecular weight is 313 g/mol. The topological polar surface area (TPSA) is 41.1 Å². The second-order valence-corrected chi connectivity index (χ2v) is 5.79. The third kappa shape index (κ3) is 3.92. The van der Waals surface area contributed by atoms with Crippen molar-refractivity contribution >= 4 is 21.7 Å². The number of nitrogens with zero attached hydrogens (tertiary/aromatic N) is 3. The molecule has 0 saturated carbocycles. The van der Waals surface area contributed by atoms with Crippen LogP contribution in [-0.2, 0) is 6.42 Å². The Bertz CT molecular complexity index is 389. The summed E-state index contributed by atoms with van der Waals surface area (Å²) in [4.78, 5) is 11.2. The van der Waals surface area contributed by atoms with E-state index < -0.39 is 0 Å². The number of aromatic nitrogens is 2. The first-order valence-corrected chi connectivity index (χ1v) is 7.42. The lowest BCUT2D eigenvalue weighted by Gasteiger charge is -2.29. The highest BCUT2D eigenvalue weighted by molar-refractivity contribution is 9.10. The first-order chi connectivity index (χ1) is 8.67. The van der Waals surface area contributed by atoms with Gasteiger partial charge < -0.3 is 10.2 Å². The van der Waals surface area contributed by atoms with Crippen LogP contribution in [-0.4, -0.2) is 41.5 Å². The van der Waals surface area contributed by atoms with Crippen LogP contribution < -0.4 is 5.32 Å². The molecular weight excluding hydrogens is 292 g/mol. The van der Waals surface area contributed by atoms with Gasteiger partial charge in [-0.05, 0) is 54.8 Å². The Morgan fingerprint density at radius 3 is 2.78 bits per heavy atom. The summed E-state index contributed by atoms with van der Waals surface area (Å²) in [5.74, 6) is 2.59. The number of anilines is 1. The third-order valence-corrected chi connectivity index (χ3v) is 3.87. The minimum Gasteiger partial charge on any atom is -0.370 e. The molecule has 18 heavy (non-hydrogen) atoms. The van der Waals surface area contributed by atoms with Crippen molar-refractivity contribution in [2.75, 3.05) is 32.0 Å². The molecule has 0 spiro atoms. The van der Waals surface area contributed by atoms with Gasteiger partial charge in [0.2, 0.25) is 0 Å². The number of nitrogens with one attached hydrogen (secondary N) is 1. The highest BCUT2D eigenvalue weighted by Crippen LogP contribution is 2.18. The Labute approximate surface area is 117 Å². The van der Waals surface area contributed by atoms with Gasteiger partial charge in [-0.15, -0.1) is 0 Å². The van der Waals surface area contributed by atoms with E-state index in [2.05, 4.69) is 50.1 Å². The van der Waals surface area contributed by atoms with Crippen molar-refractivity contribution < 1.29 is 0 Å². The molecule has 1 aromatic heterocycles. The second-order valence-electron chi connectivity index (χ2n) is 4.97. The number of likely N-dealkylation sites (tertiary alicyclic amines) is 1. The SMILES string of the molecule is CCc1nc(Br)cc(NCC2CCN(C)CC2)n1. The largest absolute Gasteiger partial charge is 0.370 e. The Balaban J connectivity index is 1.88. The van der Waals surface area contributed by atoms with Crippen LogP contribution in [0.25, 0.3) is 0 Å². The number of piperidine rings is 1. The maximum atomic E-state index is 4.49. The van der Waals surface area contributed by atoms with E-state index in [4.69, 9.17) is 0 Å². The molecule has 0 amide bonds. The molecule has 4 nitrogen and oxygen atoms in total. The van der Waals surface area contributed by atoms with Crippen molar-refractivity contribution in [2.45, 2.75) is 26.2 Å². The normalized spacial score (nSPS) is 17.9. The molecule has 2 rings (SSSR count). The van der Waals surface area contributed by atoms with Crippen molar-refractivity contribution in [1.29, 1.82) is 0 Å². The van der Waals surface area contributed by atoms with E-state index in [1.807, 2.05) is 6.07 Å². The summed E-state index contributed by atoms with van der Waals surface area (Å²) in [5.41, 5.74) is 0. The quantitative estimate of drug-likeness (QED) is 0.868. The van der Waals surface area contributed by atoms with Crippen molar-refractivity contribution in [3.05, 3.63) is 16.5 Å². The molecule has 100 valence electrons. The van der Waals surface area contributed by atoms with Gasteiger partial charge in [0.15, 0.2) is 0 Å². The van der Waals surface area contributed by atoms with Gasteiger partial charge in [0.1, 0.15) is 16.2 Å². The summed E-state index contributed by atoms with van der Waals surface area (Å²) in [6.07, 6.45) is 3.41. The number of hydrogen-bond donors (Lipinski definition) is 1. The molecule has 5 heteroatoms. The van der Waals surface area contributed by atoms with Crippen LogP contribution in [0.1, 0.15) is 25.6 Å². The van der Waals surface area contributed by atoms with E-state index in [0.717, 1.165) is 35.1 Å². The zero-order valence-corrected chi connectivity index (χ0v) is 12.7. The molecule has 0 radical (unpaired) electrons. The van der Waals surface area contributed by atoms with Gasteiger partial charge in [0.05, 0.1) is 0 Å². The van der Waals surface area contributed by atoms with Gasteiger partial charge in [0.25, 0.3) is 0 Å². The van der Waals surface area contributed by atoms with E-state index in [1.54, 1.807) is 0 Å². The molecule has 1 fully saturated rings. The lowest BCUT2D eigenvalue weighted by atomic mass is 9.97. The highest BCUT2D eigenvalue weighted by atomic mass is 79.9. The minimum absolute atomic E-state index is 0.764. The zero-order chi connectivity index (χ0) is 13.0. The highest BCUT2D eigenvalue weighted by Gasteiger charge is 2.16. The molecule has 0 atom stereocenters. The summed E-state index contributed by atoms with van der Waals surface area (Å²) >= 11 is 3.43. The summed E-state index contributed by atoms with van der Waals surface area (Å²) in [6.45, 7) is 5.50. The fourth-order valence-corrected chi connectivity index (χ4v) is 2.65. The predicted octanol–water partition coefficient (Wildman–Crippen LogP) is 2.56. The summed E-state index contributed by atoms with van der Waals surface area (Å²) in [7, 11) is 2.19. The predicted molar refractivity (Wildman–Crippen MR) is 77.8 cm³/mol. The van der Waals surface area contributed by atoms with Crippen LogP contribution >= 0.6 is 15.9 Å². The van der Waals surface area contributed by atoms with Gasteiger partial charge in [0, 0.05) is 19.0 Å². The van der Waals surface area contributed by atoms with E-state index >= 15 is 0 Å². The lowest BCUT2D eigenvalue weighted by molar-refractivity contribution is 0.226. The van der Waals surface area contributed by atoms with Crippen LogP contribution in [0.3, 0.4) is 0 Å². The van der Waals surface area contributed by atoms with E-state index in [9.17, 15) is 0 Å². The molecular formula is C13H21BrN4. The fourth-order valence-electron chi connectivity index (χ4n) is 2.23. The Hall–Kier alpha value is -0.680. The summed E-state index contributed by atoms with van der Waals surface area (Å²) < 4.78 is 0.861. The molecule has 1 aliphatic rings. The van der Waals surface area contributed by atoms with Crippen molar-refractivity contribution in [3.63, 3.8) is 0 Å². The molecule has 1 N–H and O–H groups in total. The van der Waals surface area contributed by atoms with Crippen molar-refractivity contribution in [2.24, 2.45) is 5.92 Å². The molecule has 1 aromatic rings. The van der Waals surface area contributed by atoms with Crippen LogP contribution in [0.15, 0.2) is 10.7 Å². The number of aryl methyl sites for hydroxylation is 1. The average Bonchev–Trinajstić information content (AvgIpc) is 2.37. The maximum Gasteiger partial charge on any atom is 0.131 e. The molecule has 0 aliphatic carbocycles. The van der Waals surface area contributed by atoms with Crippen LogP contribution in [0, 0.1) is 5.92 Å². The Kier molecular flexibility index (Phi) is 4.95. The molecule has 0 unspecified atom stereocenters. The van der Waals surface area contributed by atoms with Gasteiger partial charge >= 0.3 is 0 Å². The monoisotopic (exact) mass is 312 g/mol. The summed E-state index contributed by atoms with van der Waals surface area (Å²) in [6, 6.07) is 1.95. The second kappa shape index (κ2) is 6.48. The van der Waals surface area contributed by atoms with Crippen LogP contribution in [0.2, 0.25) is 0 Å². The third-order valence-electron chi connectivity index (χ3n) is 3.47. The van der Waals surface area contributed by atoms with Gasteiger partial charge in [-0.1, -0.05) is 6.92 Å². The van der Waals surface area contributed by atoms with E-state index in [-0.39, 0.29) is 0 Å². The molecule has 0 aromatic carbocycles. The number of halogens is 1. The van der Waals surface area contributed by atoms with Crippen LogP contribution in [0.4, 0.5) is 5.82 Å². The van der Waals surface area contributed by atoms with Crippen LogP contribution in [0.5, 0.6) is 0 Å². The van der Waals surface area contributed by atoms with Crippen molar-refractivity contribution in [1.82, 2.24) is 14.9 Å². The fraction of sp³-hybridized carbons (Fsp3) is 0.692. The first-order valence-electron chi connectivity index (χ1n) is 6.63. The number of rotatable bonds is 4. The molecule has 1 saturated heterocycles.